The van der Waals surface area contributed by atoms with Crippen molar-refractivity contribution in [3.05, 3.63) is 0 Å². The molecule has 0 bridgehead atoms. The summed E-state index contributed by atoms with van der Waals surface area (Å²) in [5.74, 6) is 6.65. The first-order valence-electron chi connectivity index (χ1n) is 3.74. The molecule has 0 aromatic carbocycles. The zero-order valence-electron chi connectivity index (χ0n) is 6.81. The fourth-order valence-corrected chi connectivity index (χ4v) is 1.45. The molecule has 56 valence electrons. The Hall–Kier alpha value is -0.480. The Morgan fingerprint density at radius 3 is 2.40 bits per heavy atom. The van der Waals surface area contributed by atoms with Gasteiger partial charge in [0, 0.05) is 5.92 Å². The van der Waals surface area contributed by atoms with Crippen LogP contribution in [0.1, 0.15) is 27.2 Å². The van der Waals surface area contributed by atoms with Crippen LogP contribution in [0.15, 0.2) is 0 Å². The van der Waals surface area contributed by atoms with Crippen molar-refractivity contribution in [3.8, 4) is 11.8 Å². The molecule has 0 heterocycles. The summed E-state index contributed by atoms with van der Waals surface area (Å²) in [7, 11) is 0. The van der Waals surface area contributed by atoms with E-state index in [2.05, 4.69) is 18.8 Å². The maximum absolute atomic E-state index is 9.65. The van der Waals surface area contributed by atoms with Crippen LogP contribution in [0.4, 0.5) is 0 Å². The molecule has 0 aliphatic heterocycles. The van der Waals surface area contributed by atoms with Crippen LogP contribution in [0.5, 0.6) is 0 Å². The van der Waals surface area contributed by atoms with Gasteiger partial charge >= 0.3 is 0 Å². The molecule has 0 spiro atoms. The zero-order chi connectivity index (χ0) is 7.78. The molecule has 0 radical (unpaired) electrons. The molecule has 0 saturated heterocycles. The second-order valence-electron chi connectivity index (χ2n) is 3.34. The van der Waals surface area contributed by atoms with E-state index in [4.69, 9.17) is 0 Å². The Bertz CT molecular complexity index is 183. The van der Waals surface area contributed by atoms with Gasteiger partial charge in [-0.05, 0) is 26.2 Å². The zero-order valence-corrected chi connectivity index (χ0v) is 6.81. The third-order valence-electron chi connectivity index (χ3n) is 2.21. The highest BCUT2D eigenvalue weighted by molar-refractivity contribution is 5.17. The second-order valence-corrected chi connectivity index (χ2v) is 3.34. The number of hydrogen-bond acceptors (Lipinski definition) is 1. The maximum Gasteiger partial charge on any atom is 0.125 e. The minimum atomic E-state index is -0.728. The number of rotatable bonds is 1. The summed E-state index contributed by atoms with van der Waals surface area (Å²) >= 11 is 0. The quantitative estimate of drug-likeness (QED) is 0.543. The van der Waals surface area contributed by atoms with E-state index in [0.717, 1.165) is 6.42 Å². The van der Waals surface area contributed by atoms with Gasteiger partial charge in [0.1, 0.15) is 5.60 Å². The topological polar surface area (TPSA) is 20.2 Å². The van der Waals surface area contributed by atoms with E-state index in [9.17, 15) is 5.11 Å². The molecular weight excluding hydrogens is 124 g/mol. The monoisotopic (exact) mass is 138 g/mol. The molecule has 1 aliphatic carbocycles. The van der Waals surface area contributed by atoms with E-state index in [1.54, 1.807) is 13.8 Å². The van der Waals surface area contributed by atoms with Gasteiger partial charge in [-0.2, -0.15) is 0 Å². The number of aliphatic hydroxyl groups is 1. The van der Waals surface area contributed by atoms with Crippen LogP contribution >= 0.6 is 0 Å². The van der Waals surface area contributed by atoms with Crippen LogP contribution in [-0.4, -0.2) is 10.7 Å². The van der Waals surface area contributed by atoms with E-state index in [-0.39, 0.29) is 0 Å². The Kier molecular flexibility index (Phi) is 1.74. The molecule has 10 heavy (non-hydrogen) atoms. The van der Waals surface area contributed by atoms with Crippen LogP contribution in [0.25, 0.3) is 0 Å². The summed E-state index contributed by atoms with van der Waals surface area (Å²) in [6.45, 7) is 5.72. The first kappa shape index (κ1) is 7.63. The smallest absolute Gasteiger partial charge is 0.125 e. The molecule has 1 heteroatoms. The van der Waals surface area contributed by atoms with Gasteiger partial charge in [0.2, 0.25) is 0 Å². The van der Waals surface area contributed by atoms with Gasteiger partial charge < -0.3 is 5.11 Å². The molecule has 1 saturated carbocycles. The van der Waals surface area contributed by atoms with Crippen molar-refractivity contribution >= 4 is 0 Å². The highest BCUT2D eigenvalue weighted by atomic mass is 16.3. The predicted octanol–water partition coefficient (Wildman–Crippen LogP) is 1.42. The van der Waals surface area contributed by atoms with Gasteiger partial charge in [-0.1, -0.05) is 12.8 Å². The average Bonchev–Trinajstić information content (AvgIpc) is 2.46. The van der Waals surface area contributed by atoms with Crippen molar-refractivity contribution in [1.29, 1.82) is 0 Å². The highest BCUT2D eigenvalue weighted by Gasteiger charge is 2.45. The fraction of sp³-hybridized carbons (Fsp3) is 0.778. The van der Waals surface area contributed by atoms with Gasteiger partial charge in [-0.3, -0.25) is 0 Å². The number of hydrogen-bond donors (Lipinski definition) is 1. The van der Waals surface area contributed by atoms with E-state index >= 15 is 0 Å². The third-order valence-corrected chi connectivity index (χ3v) is 2.21. The molecule has 1 nitrogen and oxygen atoms in total. The van der Waals surface area contributed by atoms with Gasteiger partial charge in [0.05, 0.1) is 0 Å². The fourth-order valence-electron chi connectivity index (χ4n) is 1.45. The summed E-state index contributed by atoms with van der Waals surface area (Å²) in [6, 6.07) is 0. The Balaban J connectivity index is 2.57. The molecule has 1 aliphatic rings. The lowest BCUT2D eigenvalue weighted by Gasteiger charge is -2.14. The summed E-state index contributed by atoms with van der Waals surface area (Å²) in [4.78, 5) is 0. The molecule has 1 N–H and O–H groups in total. The molecule has 3 unspecified atom stereocenters. The Morgan fingerprint density at radius 2 is 2.10 bits per heavy atom. The molecule has 1 rings (SSSR count). The third kappa shape index (κ3) is 1.33. The van der Waals surface area contributed by atoms with E-state index in [0.29, 0.717) is 11.8 Å². The second kappa shape index (κ2) is 2.29. The summed E-state index contributed by atoms with van der Waals surface area (Å²) in [5, 5.41) is 9.65. The van der Waals surface area contributed by atoms with Crippen LogP contribution in [0.2, 0.25) is 0 Å². The van der Waals surface area contributed by atoms with Crippen LogP contribution in [0.3, 0.4) is 0 Å². The van der Waals surface area contributed by atoms with Gasteiger partial charge in [-0.15, -0.1) is 5.92 Å². The molecule has 1 fully saturated rings. The predicted molar refractivity (Wildman–Crippen MR) is 41.3 cm³/mol. The molecule has 0 aromatic rings. The minimum absolute atomic E-state index is 0.417. The molecule has 3 atom stereocenters. The van der Waals surface area contributed by atoms with Crippen LogP contribution in [-0.2, 0) is 0 Å². The van der Waals surface area contributed by atoms with Gasteiger partial charge in [0.25, 0.3) is 0 Å². The van der Waals surface area contributed by atoms with E-state index < -0.39 is 5.60 Å². The van der Waals surface area contributed by atoms with E-state index in [1.165, 1.54) is 0 Å². The summed E-state index contributed by atoms with van der Waals surface area (Å²) in [6.07, 6.45) is 1.13. The van der Waals surface area contributed by atoms with Crippen molar-refractivity contribution in [3.63, 3.8) is 0 Å². The highest BCUT2D eigenvalue weighted by Crippen LogP contribution is 2.45. The maximum atomic E-state index is 9.65. The standard InChI is InChI=1S/C9H14O/c1-4-5-9(3,10)8-6-7(8)2/h7-8,10H,6H2,1-3H3. The summed E-state index contributed by atoms with van der Waals surface area (Å²) < 4.78 is 0. The van der Waals surface area contributed by atoms with Crippen molar-refractivity contribution in [2.45, 2.75) is 32.8 Å². The summed E-state index contributed by atoms with van der Waals surface area (Å²) in [5.41, 5.74) is -0.728. The largest absolute Gasteiger partial charge is 0.378 e. The lowest BCUT2D eigenvalue weighted by Crippen LogP contribution is -2.25. The Labute approximate surface area is 62.4 Å². The SMILES string of the molecule is CC#CC(C)(O)C1CC1C. The van der Waals surface area contributed by atoms with Crippen molar-refractivity contribution in [2.24, 2.45) is 11.8 Å². The molecule has 0 amide bonds. The normalized spacial score (nSPS) is 35.6. The first-order valence-corrected chi connectivity index (χ1v) is 3.74. The van der Waals surface area contributed by atoms with Crippen molar-refractivity contribution in [2.75, 3.05) is 0 Å². The first-order chi connectivity index (χ1) is 4.58. The van der Waals surface area contributed by atoms with Crippen molar-refractivity contribution < 1.29 is 5.11 Å². The molecular formula is C9H14O. The minimum Gasteiger partial charge on any atom is -0.378 e. The lowest BCUT2D eigenvalue weighted by atomic mass is 10.0. The molecule has 0 aromatic heterocycles. The van der Waals surface area contributed by atoms with Gasteiger partial charge in [0.15, 0.2) is 0 Å². The van der Waals surface area contributed by atoms with Crippen molar-refractivity contribution in [1.82, 2.24) is 0 Å². The van der Waals surface area contributed by atoms with E-state index in [1.807, 2.05) is 0 Å². The van der Waals surface area contributed by atoms with Crippen LogP contribution < -0.4 is 0 Å². The Morgan fingerprint density at radius 1 is 1.60 bits per heavy atom. The van der Waals surface area contributed by atoms with Gasteiger partial charge in [-0.25, -0.2) is 0 Å². The lowest BCUT2D eigenvalue weighted by molar-refractivity contribution is 0.0928. The van der Waals surface area contributed by atoms with Crippen LogP contribution in [0, 0.1) is 23.7 Å². The average molecular weight is 138 g/mol.